The van der Waals surface area contributed by atoms with E-state index < -0.39 is 0 Å². The lowest BCUT2D eigenvalue weighted by Gasteiger charge is -2.22. The minimum absolute atomic E-state index is 0.296. The first-order valence-corrected chi connectivity index (χ1v) is 7.75. The van der Waals surface area contributed by atoms with Gasteiger partial charge in [0.05, 0.1) is 19.3 Å². The molecular formula is C17H27NO2. The molecule has 0 bridgehead atoms. The molecule has 2 rings (SSSR count). The molecule has 3 nitrogen and oxygen atoms in total. The lowest BCUT2D eigenvalue weighted by atomic mass is 10.1. The minimum Gasteiger partial charge on any atom is -0.376 e. The van der Waals surface area contributed by atoms with Crippen LogP contribution in [-0.2, 0) is 22.6 Å². The molecule has 112 valence electrons. The number of ether oxygens (including phenoxy) is 2. The third-order valence-corrected chi connectivity index (χ3v) is 3.65. The van der Waals surface area contributed by atoms with Crippen molar-refractivity contribution >= 4 is 0 Å². The molecule has 0 spiro atoms. The zero-order valence-corrected chi connectivity index (χ0v) is 12.7. The maximum Gasteiger partial charge on any atom is 0.0808 e. The number of hydrogen-bond acceptors (Lipinski definition) is 3. The van der Waals surface area contributed by atoms with Crippen LogP contribution in [0.5, 0.6) is 0 Å². The molecule has 1 unspecified atom stereocenters. The van der Waals surface area contributed by atoms with Crippen LogP contribution >= 0.6 is 0 Å². The van der Waals surface area contributed by atoms with E-state index in [9.17, 15) is 0 Å². The van der Waals surface area contributed by atoms with E-state index in [2.05, 4.69) is 43.4 Å². The van der Waals surface area contributed by atoms with Crippen molar-refractivity contribution in [3.05, 3.63) is 35.4 Å². The molecular weight excluding hydrogens is 250 g/mol. The summed E-state index contributed by atoms with van der Waals surface area (Å²) in [6.07, 6.45) is 3.89. The van der Waals surface area contributed by atoms with Gasteiger partial charge in [0.1, 0.15) is 0 Å². The molecule has 1 saturated heterocycles. The third kappa shape index (κ3) is 5.23. The fourth-order valence-corrected chi connectivity index (χ4v) is 2.42. The SMILES string of the molecule is CC(C)NCc1ccccc1COCC1CCCCO1. The van der Waals surface area contributed by atoms with Gasteiger partial charge in [0.25, 0.3) is 0 Å². The Morgan fingerprint density at radius 3 is 2.75 bits per heavy atom. The molecule has 0 aliphatic carbocycles. The van der Waals surface area contributed by atoms with Crippen molar-refractivity contribution in [3.63, 3.8) is 0 Å². The molecule has 0 saturated carbocycles. The molecule has 20 heavy (non-hydrogen) atoms. The Hall–Kier alpha value is -0.900. The zero-order valence-electron chi connectivity index (χ0n) is 12.7. The summed E-state index contributed by atoms with van der Waals surface area (Å²) in [4.78, 5) is 0. The first-order chi connectivity index (χ1) is 9.75. The average molecular weight is 277 g/mol. The van der Waals surface area contributed by atoms with E-state index in [-0.39, 0.29) is 0 Å². The van der Waals surface area contributed by atoms with Crippen LogP contribution < -0.4 is 5.32 Å². The van der Waals surface area contributed by atoms with Crippen LogP contribution in [0.15, 0.2) is 24.3 Å². The lowest BCUT2D eigenvalue weighted by Crippen LogP contribution is -2.25. The molecule has 1 fully saturated rings. The van der Waals surface area contributed by atoms with Gasteiger partial charge in [0.15, 0.2) is 0 Å². The van der Waals surface area contributed by atoms with Crippen molar-refractivity contribution in [1.29, 1.82) is 0 Å². The van der Waals surface area contributed by atoms with Crippen LogP contribution in [0.3, 0.4) is 0 Å². The minimum atomic E-state index is 0.296. The molecule has 1 atom stereocenters. The third-order valence-electron chi connectivity index (χ3n) is 3.65. The maximum absolute atomic E-state index is 5.85. The number of rotatable bonds is 7. The summed E-state index contributed by atoms with van der Waals surface area (Å²) in [5.41, 5.74) is 2.60. The maximum atomic E-state index is 5.85. The Balaban J connectivity index is 1.79. The number of nitrogens with one attached hydrogen (secondary N) is 1. The molecule has 3 heteroatoms. The van der Waals surface area contributed by atoms with Crippen molar-refractivity contribution in [2.75, 3.05) is 13.2 Å². The predicted octanol–water partition coefficient (Wildman–Crippen LogP) is 3.27. The highest BCUT2D eigenvalue weighted by Gasteiger charge is 2.14. The summed E-state index contributed by atoms with van der Waals surface area (Å²) in [5.74, 6) is 0. The molecule has 0 radical (unpaired) electrons. The van der Waals surface area contributed by atoms with Gasteiger partial charge in [-0.25, -0.2) is 0 Å². The highest BCUT2D eigenvalue weighted by atomic mass is 16.5. The van der Waals surface area contributed by atoms with Crippen LogP contribution in [0.1, 0.15) is 44.2 Å². The highest BCUT2D eigenvalue weighted by molar-refractivity contribution is 5.26. The fourth-order valence-electron chi connectivity index (χ4n) is 2.42. The van der Waals surface area contributed by atoms with E-state index in [4.69, 9.17) is 9.47 Å². The Morgan fingerprint density at radius 1 is 1.25 bits per heavy atom. The Bertz CT molecular complexity index is 386. The van der Waals surface area contributed by atoms with Crippen LogP contribution in [0, 0.1) is 0 Å². The van der Waals surface area contributed by atoms with Crippen LogP contribution in [0.4, 0.5) is 0 Å². The largest absolute Gasteiger partial charge is 0.376 e. The van der Waals surface area contributed by atoms with Gasteiger partial charge in [-0.2, -0.15) is 0 Å². The Kier molecular flexibility index (Phi) is 6.51. The topological polar surface area (TPSA) is 30.5 Å². The normalized spacial score (nSPS) is 19.4. The molecule has 1 heterocycles. The van der Waals surface area contributed by atoms with Crippen LogP contribution in [-0.4, -0.2) is 25.4 Å². The second-order valence-corrected chi connectivity index (χ2v) is 5.81. The van der Waals surface area contributed by atoms with Crippen LogP contribution in [0.2, 0.25) is 0 Å². The molecule has 0 aromatic heterocycles. The van der Waals surface area contributed by atoms with E-state index in [0.717, 1.165) is 19.6 Å². The monoisotopic (exact) mass is 277 g/mol. The Labute approximate surface area is 122 Å². The molecule has 1 aliphatic rings. The van der Waals surface area contributed by atoms with Gasteiger partial charge in [0.2, 0.25) is 0 Å². The van der Waals surface area contributed by atoms with Gasteiger partial charge in [-0.1, -0.05) is 38.1 Å². The van der Waals surface area contributed by atoms with Gasteiger partial charge in [-0.3, -0.25) is 0 Å². The summed E-state index contributed by atoms with van der Waals surface area (Å²) in [6.45, 7) is 7.51. The standard InChI is InChI=1S/C17H27NO2/c1-14(2)18-11-15-7-3-4-8-16(15)12-19-13-17-9-5-6-10-20-17/h3-4,7-8,14,17-18H,5-6,9-13H2,1-2H3. The van der Waals surface area contributed by atoms with Crippen molar-refractivity contribution < 1.29 is 9.47 Å². The highest BCUT2D eigenvalue weighted by Crippen LogP contribution is 2.15. The average Bonchev–Trinajstić information content (AvgIpc) is 2.47. The van der Waals surface area contributed by atoms with Crippen LogP contribution in [0.25, 0.3) is 0 Å². The van der Waals surface area contributed by atoms with Gasteiger partial charge in [-0.05, 0) is 30.4 Å². The van der Waals surface area contributed by atoms with E-state index in [1.165, 1.54) is 24.0 Å². The Morgan fingerprint density at radius 2 is 2.05 bits per heavy atom. The van der Waals surface area contributed by atoms with E-state index in [0.29, 0.717) is 25.4 Å². The first kappa shape index (κ1) is 15.5. The molecule has 1 N–H and O–H groups in total. The molecule has 1 aromatic carbocycles. The van der Waals surface area contributed by atoms with E-state index >= 15 is 0 Å². The van der Waals surface area contributed by atoms with Crippen molar-refractivity contribution in [1.82, 2.24) is 5.32 Å². The summed E-state index contributed by atoms with van der Waals surface area (Å²) in [7, 11) is 0. The number of benzene rings is 1. The van der Waals surface area contributed by atoms with Gasteiger partial charge in [-0.15, -0.1) is 0 Å². The van der Waals surface area contributed by atoms with E-state index in [1.807, 2.05) is 0 Å². The lowest BCUT2D eigenvalue weighted by molar-refractivity contribution is -0.0448. The zero-order chi connectivity index (χ0) is 14.2. The van der Waals surface area contributed by atoms with Crippen molar-refractivity contribution in [2.45, 2.75) is 58.4 Å². The molecule has 1 aromatic rings. The summed E-state index contributed by atoms with van der Waals surface area (Å²) >= 11 is 0. The second-order valence-electron chi connectivity index (χ2n) is 5.81. The number of hydrogen-bond donors (Lipinski definition) is 1. The smallest absolute Gasteiger partial charge is 0.0808 e. The van der Waals surface area contributed by atoms with Crippen molar-refractivity contribution in [3.8, 4) is 0 Å². The van der Waals surface area contributed by atoms with E-state index in [1.54, 1.807) is 0 Å². The fraction of sp³-hybridized carbons (Fsp3) is 0.647. The van der Waals surface area contributed by atoms with Gasteiger partial charge < -0.3 is 14.8 Å². The van der Waals surface area contributed by atoms with Crippen molar-refractivity contribution in [2.24, 2.45) is 0 Å². The second kappa shape index (κ2) is 8.40. The molecule has 1 aliphatic heterocycles. The summed E-state index contributed by atoms with van der Waals surface area (Å²) in [5, 5.41) is 3.46. The quantitative estimate of drug-likeness (QED) is 0.829. The van der Waals surface area contributed by atoms with Gasteiger partial charge in [0, 0.05) is 19.2 Å². The summed E-state index contributed by atoms with van der Waals surface area (Å²) in [6, 6.07) is 8.99. The molecule has 0 amide bonds. The first-order valence-electron chi connectivity index (χ1n) is 7.75. The predicted molar refractivity (Wildman–Crippen MR) is 81.7 cm³/mol. The van der Waals surface area contributed by atoms with Gasteiger partial charge >= 0.3 is 0 Å². The summed E-state index contributed by atoms with van der Waals surface area (Å²) < 4.78 is 11.5.